The maximum Gasteiger partial charge on any atom is 0.282 e. The van der Waals surface area contributed by atoms with E-state index in [9.17, 15) is 9.59 Å². The molecule has 4 rings (SSSR count). The van der Waals surface area contributed by atoms with Gasteiger partial charge in [0.25, 0.3) is 5.56 Å². The number of fused-ring (bicyclic) bond motifs is 1. The second kappa shape index (κ2) is 6.92. The maximum atomic E-state index is 12.7. The van der Waals surface area contributed by atoms with Crippen LogP contribution in [0.15, 0.2) is 83.7 Å². The van der Waals surface area contributed by atoms with E-state index < -0.39 is 0 Å². The molecule has 0 fully saturated rings. The second-order valence-corrected chi connectivity index (χ2v) is 6.39. The van der Waals surface area contributed by atoms with Gasteiger partial charge in [0.15, 0.2) is 5.78 Å². The number of H-pyrrole nitrogens is 1. The molecule has 0 radical (unpaired) electrons. The third kappa shape index (κ3) is 3.25. The Labute approximate surface area is 156 Å². The van der Waals surface area contributed by atoms with E-state index in [0.717, 1.165) is 16.3 Å². The Morgan fingerprint density at radius 2 is 1.63 bits per heavy atom. The van der Waals surface area contributed by atoms with Crippen molar-refractivity contribution in [3.05, 3.63) is 106 Å². The molecule has 3 aromatic carbocycles. The van der Waals surface area contributed by atoms with Crippen LogP contribution in [0.4, 0.5) is 0 Å². The molecular weight excluding hydrogens is 336 g/mol. The summed E-state index contributed by atoms with van der Waals surface area (Å²) in [6.07, 6.45) is 3.20. The van der Waals surface area contributed by atoms with E-state index in [4.69, 9.17) is 0 Å². The number of para-hydroxylation sites is 1. The number of hydrogen-bond acceptors (Lipinski definition) is 2. The lowest BCUT2D eigenvalue weighted by atomic mass is 10.1. The average molecular weight is 354 g/mol. The van der Waals surface area contributed by atoms with Crippen LogP contribution in [0.25, 0.3) is 22.5 Å². The van der Waals surface area contributed by atoms with E-state index in [-0.39, 0.29) is 16.9 Å². The molecule has 4 heteroatoms. The smallest absolute Gasteiger partial charge is 0.282 e. The van der Waals surface area contributed by atoms with E-state index in [0.29, 0.717) is 11.4 Å². The van der Waals surface area contributed by atoms with Crippen molar-refractivity contribution in [1.82, 2.24) is 9.78 Å². The molecular formula is C23H18N2O2. The second-order valence-electron chi connectivity index (χ2n) is 6.39. The number of nitrogens with zero attached hydrogens (tertiary/aromatic N) is 1. The van der Waals surface area contributed by atoms with Gasteiger partial charge in [-0.05, 0) is 47.5 Å². The largest absolute Gasteiger partial charge is 0.295 e. The van der Waals surface area contributed by atoms with Gasteiger partial charge < -0.3 is 0 Å². The number of hydrogen-bond donors (Lipinski definition) is 1. The average Bonchev–Trinajstić information content (AvgIpc) is 3.01. The van der Waals surface area contributed by atoms with Crippen molar-refractivity contribution in [1.29, 1.82) is 0 Å². The zero-order chi connectivity index (χ0) is 18.8. The number of rotatable bonds is 4. The fourth-order valence-corrected chi connectivity index (χ4v) is 3.16. The van der Waals surface area contributed by atoms with Crippen molar-refractivity contribution in [3.8, 4) is 5.69 Å². The van der Waals surface area contributed by atoms with Crippen molar-refractivity contribution in [2.75, 3.05) is 0 Å². The van der Waals surface area contributed by atoms with Crippen molar-refractivity contribution in [2.24, 2.45) is 0 Å². The molecule has 4 nitrogen and oxygen atoms in total. The highest BCUT2D eigenvalue weighted by Gasteiger charge is 2.17. The Balaban J connectivity index is 1.65. The normalized spacial score (nSPS) is 11.3. The van der Waals surface area contributed by atoms with E-state index in [1.165, 1.54) is 10.8 Å². The summed E-state index contributed by atoms with van der Waals surface area (Å²) in [6, 6.07) is 23.2. The summed E-state index contributed by atoms with van der Waals surface area (Å²) >= 11 is 0. The minimum atomic E-state index is -0.341. The van der Waals surface area contributed by atoms with Crippen LogP contribution in [0.5, 0.6) is 0 Å². The quantitative estimate of drug-likeness (QED) is 0.433. The topological polar surface area (TPSA) is 54.9 Å². The molecule has 0 aliphatic carbocycles. The zero-order valence-electron chi connectivity index (χ0n) is 14.8. The third-order valence-corrected chi connectivity index (χ3v) is 4.53. The summed E-state index contributed by atoms with van der Waals surface area (Å²) < 4.78 is 1.40. The molecule has 1 N–H and O–H groups in total. The minimum Gasteiger partial charge on any atom is -0.295 e. The molecule has 4 aromatic rings. The van der Waals surface area contributed by atoms with Gasteiger partial charge in [-0.3, -0.25) is 14.7 Å². The molecule has 0 saturated heterocycles. The highest BCUT2D eigenvalue weighted by Crippen LogP contribution is 2.17. The van der Waals surface area contributed by atoms with Gasteiger partial charge in [-0.1, -0.05) is 60.7 Å². The van der Waals surface area contributed by atoms with Crippen LogP contribution < -0.4 is 5.56 Å². The molecule has 0 atom stereocenters. The van der Waals surface area contributed by atoms with Crippen LogP contribution in [0.2, 0.25) is 0 Å². The van der Waals surface area contributed by atoms with Gasteiger partial charge in [-0.2, -0.15) is 0 Å². The summed E-state index contributed by atoms with van der Waals surface area (Å²) in [4.78, 5) is 25.3. The lowest BCUT2D eigenvalue weighted by Gasteiger charge is -1.99. The first-order valence-electron chi connectivity index (χ1n) is 8.72. The van der Waals surface area contributed by atoms with Crippen molar-refractivity contribution in [3.63, 3.8) is 0 Å². The van der Waals surface area contributed by atoms with Gasteiger partial charge in [0.1, 0.15) is 5.56 Å². The lowest BCUT2D eigenvalue weighted by Crippen LogP contribution is -2.19. The fraction of sp³-hybridized carbons (Fsp3) is 0.0435. The van der Waals surface area contributed by atoms with Crippen LogP contribution in [0.1, 0.15) is 21.6 Å². The summed E-state index contributed by atoms with van der Waals surface area (Å²) in [6.45, 7) is 1.73. The molecule has 0 aliphatic heterocycles. The molecule has 0 aliphatic rings. The van der Waals surface area contributed by atoms with Gasteiger partial charge in [-0.15, -0.1) is 0 Å². The van der Waals surface area contributed by atoms with Crippen LogP contribution in [-0.2, 0) is 0 Å². The van der Waals surface area contributed by atoms with Gasteiger partial charge >= 0.3 is 0 Å². The van der Waals surface area contributed by atoms with Crippen LogP contribution in [-0.4, -0.2) is 15.6 Å². The summed E-state index contributed by atoms with van der Waals surface area (Å²) in [5.74, 6) is -0.309. The van der Waals surface area contributed by atoms with Crippen molar-refractivity contribution in [2.45, 2.75) is 6.92 Å². The fourth-order valence-electron chi connectivity index (χ4n) is 3.16. The third-order valence-electron chi connectivity index (χ3n) is 4.53. The molecule has 0 spiro atoms. The summed E-state index contributed by atoms with van der Waals surface area (Å²) in [5, 5.41) is 5.24. The van der Waals surface area contributed by atoms with Crippen LogP contribution >= 0.6 is 0 Å². The first-order valence-corrected chi connectivity index (χ1v) is 8.72. The number of carbonyl (C=O) groups is 1. The molecule has 0 saturated carbocycles. The Morgan fingerprint density at radius 1 is 0.926 bits per heavy atom. The lowest BCUT2D eigenvalue weighted by molar-refractivity contribution is 0.104. The first kappa shape index (κ1) is 16.8. The SMILES string of the molecule is Cc1[nH]n(-c2ccccc2)c(=O)c1C(=O)/C=C/c1ccc2ccccc2c1. The Hall–Kier alpha value is -3.66. The summed E-state index contributed by atoms with van der Waals surface area (Å²) in [7, 11) is 0. The predicted octanol–water partition coefficient (Wildman–Crippen LogP) is 4.52. The first-order chi connectivity index (χ1) is 13.1. The van der Waals surface area contributed by atoms with Gasteiger partial charge in [0.05, 0.1) is 5.69 Å². The monoisotopic (exact) mass is 354 g/mol. The van der Waals surface area contributed by atoms with E-state index in [2.05, 4.69) is 5.10 Å². The van der Waals surface area contributed by atoms with E-state index >= 15 is 0 Å². The molecule has 132 valence electrons. The maximum absolute atomic E-state index is 12.7. The zero-order valence-corrected chi connectivity index (χ0v) is 14.8. The molecule has 0 bridgehead atoms. The number of nitrogens with one attached hydrogen (secondary N) is 1. The molecule has 0 unspecified atom stereocenters. The van der Waals surface area contributed by atoms with Crippen LogP contribution in [0, 0.1) is 6.92 Å². The highest BCUT2D eigenvalue weighted by atomic mass is 16.2. The number of allylic oxidation sites excluding steroid dienone is 1. The standard InChI is InChI=1S/C23H18N2O2/c1-16-22(23(27)25(24-16)20-9-3-2-4-10-20)21(26)14-12-17-11-13-18-7-5-6-8-19(18)15-17/h2-15,24H,1H3/b14-12+. The van der Waals surface area contributed by atoms with Gasteiger partial charge in [0, 0.05) is 5.69 Å². The molecule has 1 heterocycles. The highest BCUT2D eigenvalue weighted by molar-refractivity contribution is 6.07. The van der Waals surface area contributed by atoms with Crippen molar-refractivity contribution >= 4 is 22.6 Å². The predicted molar refractivity (Wildman–Crippen MR) is 108 cm³/mol. The van der Waals surface area contributed by atoms with E-state index in [1.807, 2.05) is 72.8 Å². The minimum absolute atomic E-state index is 0.163. The Kier molecular flexibility index (Phi) is 4.30. The number of aryl methyl sites for hydroxylation is 1. The van der Waals surface area contributed by atoms with Gasteiger partial charge in [0.2, 0.25) is 0 Å². The van der Waals surface area contributed by atoms with Crippen molar-refractivity contribution < 1.29 is 4.79 Å². The number of aromatic nitrogens is 2. The Morgan fingerprint density at radius 3 is 2.41 bits per heavy atom. The molecule has 0 amide bonds. The number of benzene rings is 3. The van der Waals surface area contributed by atoms with Crippen LogP contribution in [0.3, 0.4) is 0 Å². The Bertz CT molecular complexity index is 1210. The number of aromatic amines is 1. The number of carbonyl (C=O) groups excluding carboxylic acids is 1. The number of ketones is 1. The molecule has 27 heavy (non-hydrogen) atoms. The summed E-state index contributed by atoms with van der Waals surface area (Å²) in [5.41, 5.74) is 1.99. The molecule has 1 aromatic heterocycles. The van der Waals surface area contributed by atoms with E-state index in [1.54, 1.807) is 13.0 Å². The van der Waals surface area contributed by atoms with Gasteiger partial charge in [-0.25, -0.2) is 4.68 Å².